The summed E-state index contributed by atoms with van der Waals surface area (Å²) in [5.41, 5.74) is 3.45. The van der Waals surface area contributed by atoms with Gasteiger partial charge in [0.1, 0.15) is 6.61 Å². The molecule has 0 saturated carbocycles. The van der Waals surface area contributed by atoms with E-state index in [1.54, 1.807) is 24.3 Å². The number of carbonyl (C=O) groups excluding carboxylic acids is 1. The number of ether oxygens (including phenoxy) is 2. The molecule has 0 aliphatic carbocycles. The Morgan fingerprint density at radius 3 is 2.40 bits per heavy atom. The SMILES string of the molecule is CCOc1cc(/C=C/C(=O)c2ccc(C)cc2)ccc1OCc1ccc(Cl)cc1Cl. The lowest BCUT2D eigenvalue weighted by Gasteiger charge is -2.13. The van der Waals surface area contributed by atoms with Gasteiger partial charge in [-0.3, -0.25) is 4.79 Å². The number of halogens is 2. The molecule has 0 saturated heterocycles. The highest BCUT2D eigenvalue weighted by Crippen LogP contribution is 2.31. The molecule has 0 heterocycles. The normalized spacial score (nSPS) is 10.9. The van der Waals surface area contributed by atoms with Crippen LogP contribution >= 0.6 is 23.2 Å². The van der Waals surface area contributed by atoms with Crippen molar-refractivity contribution in [3.8, 4) is 11.5 Å². The van der Waals surface area contributed by atoms with Crippen LogP contribution in [0.1, 0.15) is 34.0 Å². The van der Waals surface area contributed by atoms with E-state index in [1.165, 1.54) is 0 Å². The fraction of sp³-hybridized carbons (Fsp3) is 0.160. The maximum Gasteiger partial charge on any atom is 0.185 e. The zero-order chi connectivity index (χ0) is 21.5. The number of hydrogen-bond acceptors (Lipinski definition) is 3. The van der Waals surface area contributed by atoms with Crippen LogP contribution in [-0.2, 0) is 6.61 Å². The van der Waals surface area contributed by atoms with E-state index in [-0.39, 0.29) is 12.4 Å². The lowest BCUT2D eigenvalue weighted by molar-refractivity contribution is 0.104. The first-order valence-electron chi connectivity index (χ1n) is 9.59. The van der Waals surface area contributed by atoms with E-state index in [9.17, 15) is 4.79 Å². The van der Waals surface area contributed by atoms with Crippen molar-refractivity contribution in [1.82, 2.24) is 0 Å². The Hall–Kier alpha value is -2.75. The van der Waals surface area contributed by atoms with Gasteiger partial charge in [0.05, 0.1) is 6.61 Å². The molecule has 5 heteroatoms. The van der Waals surface area contributed by atoms with E-state index >= 15 is 0 Å². The standard InChI is InChI=1S/C25H22Cl2O3/c1-3-29-25-14-18(6-12-23(28)19-8-4-17(2)5-9-19)7-13-24(25)30-16-20-10-11-21(26)15-22(20)27/h4-15H,3,16H2,1-2H3/b12-6+. The van der Waals surface area contributed by atoms with E-state index in [0.717, 1.165) is 16.7 Å². The number of allylic oxidation sites excluding steroid dienone is 1. The first-order chi connectivity index (χ1) is 14.5. The topological polar surface area (TPSA) is 35.5 Å². The summed E-state index contributed by atoms with van der Waals surface area (Å²) in [6, 6.07) is 18.3. The van der Waals surface area contributed by atoms with Crippen molar-refractivity contribution in [2.45, 2.75) is 20.5 Å². The molecule has 0 amide bonds. The monoisotopic (exact) mass is 440 g/mol. The van der Waals surface area contributed by atoms with Crippen LogP contribution in [0.3, 0.4) is 0 Å². The Bertz CT molecular complexity index is 1060. The highest BCUT2D eigenvalue weighted by atomic mass is 35.5. The zero-order valence-electron chi connectivity index (χ0n) is 16.8. The van der Waals surface area contributed by atoms with Crippen LogP contribution in [0.4, 0.5) is 0 Å². The van der Waals surface area contributed by atoms with E-state index in [1.807, 2.05) is 62.4 Å². The van der Waals surface area contributed by atoms with Crippen molar-refractivity contribution >= 4 is 35.1 Å². The van der Waals surface area contributed by atoms with Crippen LogP contribution < -0.4 is 9.47 Å². The fourth-order valence-electron chi connectivity index (χ4n) is 2.80. The van der Waals surface area contributed by atoms with Gasteiger partial charge in [0, 0.05) is 21.2 Å². The lowest BCUT2D eigenvalue weighted by atomic mass is 10.1. The van der Waals surface area contributed by atoms with Gasteiger partial charge in [-0.25, -0.2) is 0 Å². The smallest absolute Gasteiger partial charge is 0.185 e. The average Bonchev–Trinajstić information content (AvgIpc) is 2.73. The largest absolute Gasteiger partial charge is 0.490 e. The van der Waals surface area contributed by atoms with E-state index in [2.05, 4.69) is 0 Å². The van der Waals surface area contributed by atoms with Gasteiger partial charge in [-0.05, 0) is 49.8 Å². The fourth-order valence-corrected chi connectivity index (χ4v) is 3.26. The molecule has 0 aliphatic rings. The summed E-state index contributed by atoms with van der Waals surface area (Å²) < 4.78 is 11.6. The van der Waals surface area contributed by atoms with Crippen LogP contribution in [0.2, 0.25) is 10.0 Å². The molecule has 3 aromatic carbocycles. The van der Waals surface area contributed by atoms with Crippen molar-refractivity contribution in [2.75, 3.05) is 6.61 Å². The Balaban J connectivity index is 1.73. The van der Waals surface area contributed by atoms with Crippen molar-refractivity contribution in [2.24, 2.45) is 0 Å². The Morgan fingerprint density at radius 1 is 0.933 bits per heavy atom. The molecule has 0 unspecified atom stereocenters. The number of carbonyl (C=O) groups is 1. The lowest BCUT2D eigenvalue weighted by Crippen LogP contribution is -2.00. The van der Waals surface area contributed by atoms with Gasteiger partial charge in [-0.2, -0.15) is 0 Å². The highest BCUT2D eigenvalue weighted by molar-refractivity contribution is 6.35. The summed E-state index contributed by atoms with van der Waals surface area (Å²) in [6.07, 6.45) is 3.33. The van der Waals surface area contributed by atoms with Gasteiger partial charge in [-0.15, -0.1) is 0 Å². The van der Waals surface area contributed by atoms with Crippen molar-refractivity contribution in [3.63, 3.8) is 0 Å². The van der Waals surface area contributed by atoms with Gasteiger partial charge >= 0.3 is 0 Å². The van der Waals surface area contributed by atoms with Crippen LogP contribution in [0.5, 0.6) is 11.5 Å². The Kier molecular flexibility index (Phi) is 7.56. The molecule has 3 rings (SSSR count). The molecule has 154 valence electrons. The summed E-state index contributed by atoms with van der Waals surface area (Å²) in [4.78, 5) is 12.4. The molecule has 0 fully saturated rings. The summed E-state index contributed by atoms with van der Waals surface area (Å²) in [7, 11) is 0. The molecule has 0 atom stereocenters. The first kappa shape index (κ1) is 21.9. The third-order valence-electron chi connectivity index (χ3n) is 4.43. The molecule has 0 N–H and O–H groups in total. The summed E-state index contributed by atoms with van der Waals surface area (Å²) in [5.74, 6) is 1.16. The summed E-state index contributed by atoms with van der Waals surface area (Å²) >= 11 is 12.2. The second kappa shape index (κ2) is 10.3. The molecular weight excluding hydrogens is 419 g/mol. The quantitative estimate of drug-likeness (QED) is 0.275. The molecule has 0 aliphatic heterocycles. The van der Waals surface area contributed by atoms with Gasteiger partial charge in [0.25, 0.3) is 0 Å². The molecule has 0 aromatic heterocycles. The van der Waals surface area contributed by atoms with Gasteiger partial charge in [-0.1, -0.05) is 71.2 Å². The highest BCUT2D eigenvalue weighted by Gasteiger charge is 2.09. The summed E-state index contributed by atoms with van der Waals surface area (Å²) in [5, 5.41) is 1.13. The minimum absolute atomic E-state index is 0.0503. The van der Waals surface area contributed by atoms with Crippen LogP contribution in [-0.4, -0.2) is 12.4 Å². The van der Waals surface area contributed by atoms with Crippen LogP contribution in [0.25, 0.3) is 6.08 Å². The Labute approximate surface area is 186 Å². The Morgan fingerprint density at radius 2 is 1.70 bits per heavy atom. The predicted octanol–water partition coefficient (Wildman–Crippen LogP) is 7.18. The second-order valence-electron chi connectivity index (χ2n) is 6.73. The number of ketones is 1. The van der Waals surface area contributed by atoms with Crippen molar-refractivity contribution in [3.05, 3.63) is 99.0 Å². The zero-order valence-corrected chi connectivity index (χ0v) is 18.3. The minimum Gasteiger partial charge on any atom is -0.490 e. The maximum absolute atomic E-state index is 12.4. The number of aryl methyl sites for hydroxylation is 1. The minimum atomic E-state index is -0.0503. The molecule has 0 radical (unpaired) electrons. The third-order valence-corrected chi connectivity index (χ3v) is 5.02. The molecule has 0 bridgehead atoms. The van der Waals surface area contributed by atoms with E-state index in [0.29, 0.717) is 33.7 Å². The van der Waals surface area contributed by atoms with E-state index in [4.69, 9.17) is 32.7 Å². The molecule has 30 heavy (non-hydrogen) atoms. The van der Waals surface area contributed by atoms with Gasteiger partial charge in [0.15, 0.2) is 17.3 Å². The van der Waals surface area contributed by atoms with Crippen molar-refractivity contribution in [1.29, 1.82) is 0 Å². The van der Waals surface area contributed by atoms with Gasteiger partial charge in [0.2, 0.25) is 0 Å². The van der Waals surface area contributed by atoms with Crippen LogP contribution in [0.15, 0.2) is 66.7 Å². The molecule has 3 nitrogen and oxygen atoms in total. The average molecular weight is 441 g/mol. The molecule has 0 spiro atoms. The first-order valence-corrected chi connectivity index (χ1v) is 10.3. The summed E-state index contributed by atoms with van der Waals surface area (Å²) in [6.45, 7) is 4.68. The maximum atomic E-state index is 12.4. The van der Waals surface area contributed by atoms with Crippen molar-refractivity contribution < 1.29 is 14.3 Å². The molecular formula is C25H22Cl2O3. The number of benzene rings is 3. The molecule has 3 aromatic rings. The van der Waals surface area contributed by atoms with Crippen LogP contribution in [0, 0.1) is 6.92 Å². The predicted molar refractivity (Wildman–Crippen MR) is 123 cm³/mol. The number of hydrogen-bond donors (Lipinski definition) is 0. The van der Waals surface area contributed by atoms with E-state index < -0.39 is 0 Å². The number of rotatable bonds is 8. The second-order valence-corrected chi connectivity index (χ2v) is 7.57. The van der Waals surface area contributed by atoms with Gasteiger partial charge < -0.3 is 9.47 Å². The third kappa shape index (κ3) is 5.88.